The third-order valence-electron chi connectivity index (χ3n) is 1.74. The molecule has 1 rings (SSSR count). The van der Waals surface area contributed by atoms with Gasteiger partial charge in [0.25, 0.3) is 5.91 Å². The van der Waals surface area contributed by atoms with Crippen LogP contribution in [0, 0.1) is 0 Å². The smallest absolute Gasteiger partial charge is 0.254 e. The number of nitrogens with one attached hydrogen (secondary N) is 2. The van der Waals surface area contributed by atoms with E-state index in [-0.39, 0.29) is 12.3 Å². The lowest BCUT2D eigenvalue weighted by molar-refractivity contribution is -0.117. The van der Waals surface area contributed by atoms with Crippen LogP contribution in [0.15, 0.2) is 23.0 Å². The van der Waals surface area contributed by atoms with Crippen LogP contribution in [0.25, 0.3) is 0 Å². The summed E-state index contributed by atoms with van der Waals surface area (Å²) >= 11 is 0. The molecule has 2 N–H and O–H groups in total. The molecule has 0 spiro atoms. The number of furan rings is 1. The van der Waals surface area contributed by atoms with Gasteiger partial charge in [0.2, 0.25) is 15.9 Å². The zero-order chi connectivity index (χ0) is 12.9. The van der Waals surface area contributed by atoms with E-state index < -0.39 is 21.8 Å². The quantitative estimate of drug-likeness (QED) is 0.740. The van der Waals surface area contributed by atoms with E-state index in [2.05, 4.69) is 5.32 Å². The summed E-state index contributed by atoms with van der Waals surface area (Å²) in [7, 11) is -3.68. The molecule has 1 aromatic heterocycles. The Morgan fingerprint density at radius 2 is 2.12 bits per heavy atom. The molecule has 0 aliphatic carbocycles. The van der Waals surface area contributed by atoms with Crippen LogP contribution >= 0.6 is 0 Å². The maximum absolute atomic E-state index is 11.4. The third kappa shape index (κ3) is 4.68. The summed E-state index contributed by atoms with van der Waals surface area (Å²) in [5.74, 6) is -1.46. The van der Waals surface area contributed by atoms with Crippen LogP contribution in [0.2, 0.25) is 0 Å². The van der Waals surface area contributed by atoms with Gasteiger partial charge in [0.15, 0.2) is 0 Å². The maximum Gasteiger partial charge on any atom is 0.254 e. The monoisotopic (exact) mass is 260 g/mol. The van der Waals surface area contributed by atoms with E-state index >= 15 is 0 Å². The van der Waals surface area contributed by atoms with Crippen molar-refractivity contribution in [3.05, 3.63) is 24.2 Å². The molecule has 1 heterocycles. The summed E-state index contributed by atoms with van der Waals surface area (Å²) in [5.41, 5.74) is 0.307. The Morgan fingerprint density at radius 3 is 2.65 bits per heavy atom. The fourth-order valence-corrected chi connectivity index (χ4v) is 1.98. The van der Waals surface area contributed by atoms with E-state index in [1.54, 1.807) is 4.72 Å². The van der Waals surface area contributed by atoms with Crippen molar-refractivity contribution in [2.75, 3.05) is 12.3 Å². The first kappa shape index (κ1) is 13.2. The highest BCUT2D eigenvalue weighted by Gasteiger charge is 2.13. The van der Waals surface area contributed by atoms with E-state index in [0.717, 1.165) is 6.92 Å². The topological polar surface area (TPSA) is 105 Å². The molecule has 7 nitrogen and oxygen atoms in total. The van der Waals surface area contributed by atoms with Gasteiger partial charge in [0, 0.05) is 13.5 Å². The molecular formula is C9H12N2O5S. The van der Waals surface area contributed by atoms with Crippen molar-refractivity contribution in [1.29, 1.82) is 0 Å². The third-order valence-corrected chi connectivity index (χ3v) is 3.08. The molecular weight excluding hydrogens is 248 g/mol. The first-order valence-electron chi connectivity index (χ1n) is 4.72. The lowest BCUT2D eigenvalue weighted by Crippen LogP contribution is -2.36. The lowest BCUT2D eigenvalue weighted by atomic mass is 10.3. The summed E-state index contributed by atoms with van der Waals surface area (Å²) in [6.45, 7) is 1.01. The molecule has 0 unspecified atom stereocenters. The van der Waals surface area contributed by atoms with Gasteiger partial charge in [-0.15, -0.1) is 0 Å². The second-order valence-electron chi connectivity index (χ2n) is 3.25. The molecule has 17 heavy (non-hydrogen) atoms. The number of sulfonamides is 1. The van der Waals surface area contributed by atoms with Crippen molar-refractivity contribution in [2.24, 2.45) is 0 Å². The zero-order valence-corrected chi connectivity index (χ0v) is 9.91. The Balaban J connectivity index is 2.38. The van der Waals surface area contributed by atoms with Crippen molar-refractivity contribution in [3.63, 3.8) is 0 Å². The minimum Gasteiger partial charge on any atom is -0.472 e. The molecule has 8 heteroatoms. The van der Waals surface area contributed by atoms with Gasteiger partial charge in [0.05, 0.1) is 17.6 Å². The van der Waals surface area contributed by atoms with E-state index in [4.69, 9.17) is 4.42 Å². The first-order chi connectivity index (χ1) is 7.91. The highest BCUT2D eigenvalue weighted by molar-refractivity contribution is 7.90. The molecule has 0 aliphatic rings. The number of hydrogen-bond acceptors (Lipinski definition) is 5. The van der Waals surface area contributed by atoms with E-state index in [0.29, 0.717) is 5.56 Å². The standard InChI is InChI=1S/C9H12N2O5S/c1-7(12)11-17(14,15)5-3-10-9(13)8-2-4-16-6-8/h2,4,6H,3,5H2,1H3,(H,10,13)(H,11,12). The molecule has 0 radical (unpaired) electrons. The van der Waals surface area contributed by atoms with Crippen LogP contribution < -0.4 is 10.0 Å². The highest BCUT2D eigenvalue weighted by atomic mass is 32.2. The molecule has 0 aromatic carbocycles. The van der Waals surface area contributed by atoms with Crippen molar-refractivity contribution >= 4 is 21.8 Å². The summed E-state index contributed by atoms with van der Waals surface area (Å²) in [6.07, 6.45) is 2.58. The number of amides is 2. The average Bonchev–Trinajstić information content (AvgIpc) is 2.67. The van der Waals surface area contributed by atoms with Crippen LogP contribution in [0.1, 0.15) is 17.3 Å². The normalized spacial score (nSPS) is 10.9. The molecule has 0 bridgehead atoms. The van der Waals surface area contributed by atoms with E-state index in [1.165, 1.54) is 18.6 Å². The summed E-state index contributed by atoms with van der Waals surface area (Å²) in [5, 5.41) is 2.39. The van der Waals surface area contributed by atoms with E-state index in [1.807, 2.05) is 0 Å². The largest absolute Gasteiger partial charge is 0.472 e. The summed E-state index contributed by atoms with van der Waals surface area (Å²) in [4.78, 5) is 21.9. The van der Waals surface area contributed by atoms with Crippen LogP contribution in [0.5, 0.6) is 0 Å². The van der Waals surface area contributed by atoms with Gasteiger partial charge < -0.3 is 9.73 Å². The minimum atomic E-state index is -3.68. The predicted molar refractivity (Wildman–Crippen MR) is 58.6 cm³/mol. The van der Waals surface area contributed by atoms with Gasteiger partial charge >= 0.3 is 0 Å². The number of carbonyl (C=O) groups is 2. The lowest BCUT2D eigenvalue weighted by Gasteiger charge is -2.05. The SMILES string of the molecule is CC(=O)NS(=O)(=O)CCNC(=O)c1ccoc1. The van der Waals surface area contributed by atoms with Gasteiger partial charge in [-0.3, -0.25) is 14.3 Å². The summed E-state index contributed by atoms with van der Waals surface area (Å²) in [6, 6.07) is 1.46. The van der Waals surface area contributed by atoms with Crippen LogP contribution in [0.4, 0.5) is 0 Å². The van der Waals surface area contributed by atoms with Crippen molar-refractivity contribution in [3.8, 4) is 0 Å². The maximum atomic E-state index is 11.4. The number of rotatable bonds is 5. The van der Waals surface area contributed by atoms with E-state index in [9.17, 15) is 18.0 Å². The van der Waals surface area contributed by atoms with Crippen LogP contribution in [-0.2, 0) is 14.8 Å². The van der Waals surface area contributed by atoms with Gasteiger partial charge in [-0.2, -0.15) is 0 Å². The zero-order valence-electron chi connectivity index (χ0n) is 9.10. The molecule has 1 aromatic rings. The molecule has 0 atom stereocenters. The second kappa shape index (κ2) is 5.48. The fourth-order valence-electron chi connectivity index (χ4n) is 1.06. The molecule has 0 saturated carbocycles. The summed E-state index contributed by atoms with van der Waals surface area (Å²) < 4.78 is 28.9. The van der Waals surface area contributed by atoms with Crippen LogP contribution in [-0.4, -0.2) is 32.5 Å². The fraction of sp³-hybridized carbons (Fsp3) is 0.333. The minimum absolute atomic E-state index is 0.0906. The molecule has 0 fully saturated rings. The van der Waals surface area contributed by atoms with Crippen molar-refractivity contribution in [2.45, 2.75) is 6.92 Å². The van der Waals surface area contributed by atoms with Crippen LogP contribution in [0.3, 0.4) is 0 Å². The van der Waals surface area contributed by atoms with Gasteiger partial charge in [-0.05, 0) is 6.07 Å². The van der Waals surface area contributed by atoms with Gasteiger partial charge in [-0.25, -0.2) is 8.42 Å². The Hall–Kier alpha value is -1.83. The Morgan fingerprint density at radius 1 is 1.41 bits per heavy atom. The Labute approximate surface area is 98.2 Å². The van der Waals surface area contributed by atoms with Crippen molar-refractivity contribution < 1.29 is 22.4 Å². The molecule has 0 saturated heterocycles. The Bertz CT molecular complexity index is 491. The predicted octanol–water partition coefficient (Wildman–Crippen LogP) is -0.525. The Kier molecular flexibility index (Phi) is 4.27. The number of hydrogen-bond donors (Lipinski definition) is 2. The van der Waals surface area contributed by atoms with Gasteiger partial charge in [0.1, 0.15) is 6.26 Å². The molecule has 0 aliphatic heterocycles. The molecule has 94 valence electrons. The first-order valence-corrected chi connectivity index (χ1v) is 6.37. The van der Waals surface area contributed by atoms with Crippen molar-refractivity contribution in [1.82, 2.24) is 10.0 Å². The van der Waals surface area contributed by atoms with Gasteiger partial charge in [-0.1, -0.05) is 0 Å². The molecule has 2 amide bonds. The number of carbonyl (C=O) groups excluding carboxylic acids is 2. The second-order valence-corrected chi connectivity index (χ2v) is 5.09. The highest BCUT2D eigenvalue weighted by Crippen LogP contribution is 1.98. The average molecular weight is 260 g/mol.